The monoisotopic (exact) mass is 266 g/mol. The molecule has 0 saturated heterocycles. The topological polar surface area (TPSA) is 20.2 Å². The number of halogens is 7. The molecule has 0 saturated carbocycles. The molecule has 92 valence electrons. The lowest BCUT2D eigenvalue weighted by molar-refractivity contribution is -0.103. The van der Waals surface area contributed by atoms with Crippen LogP contribution in [0.3, 0.4) is 0 Å². The van der Waals surface area contributed by atoms with Gasteiger partial charge in [-0.15, -0.1) is 0 Å². The Hall–Kier alpha value is -0.690. The Morgan fingerprint density at radius 1 is 1.12 bits per heavy atom. The van der Waals surface area contributed by atoms with Crippen molar-refractivity contribution < 1.29 is 31.4 Å². The van der Waals surface area contributed by atoms with Crippen molar-refractivity contribution in [2.45, 2.75) is 23.8 Å². The Bertz CT molecular complexity index is 349. The number of allylic oxidation sites excluding steroid dienone is 2. The first-order valence-electron chi connectivity index (χ1n) is 3.91. The van der Waals surface area contributed by atoms with Gasteiger partial charge in [0, 0.05) is 12.0 Å². The van der Waals surface area contributed by atoms with Crippen LogP contribution >= 0.6 is 11.6 Å². The maximum Gasteiger partial charge on any atom is 0.416 e. The summed E-state index contributed by atoms with van der Waals surface area (Å²) in [6.45, 7) is 0. The third-order valence-electron chi connectivity index (χ3n) is 1.84. The van der Waals surface area contributed by atoms with Crippen LogP contribution in [0.15, 0.2) is 23.3 Å². The molecule has 0 spiro atoms. The highest BCUT2D eigenvalue weighted by molar-refractivity contribution is 6.24. The highest BCUT2D eigenvalue weighted by Gasteiger charge is 2.45. The molecular formula is C8H5ClF6O. The van der Waals surface area contributed by atoms with Crippen LogP contribution in [0.4, 0.5) is 26.3 Å². The summed E-state index contributed by atoms with van der Waals surface area (Å²) in [6, 6.07) is 0. The molecule has 1 rings (SSSR count). The molecule has 1 aliphatic carbocycles. The van der Waals surface area contributed by atoms with E-state index >= 15 is 0 Å². The van der Waals surface area contributed by atoms with E-state index in [9.17, 15) is 26.3 Å². The summed E-state index contributed by atoms with van der Waals surface area (Å²) < 4.78 is 73.2. The predicted octanol–water partition coefficient (Wildman–Crippen LogP) is 3.29. The zero-order valence-corrected chi connectivity index (χ0v) is 8.21. The number of rotatable bonds is 0. The van der Waals surface area contributed by atoms with Crippen LogP contribution in [0.2, 0.25) is 0 Å². The van der Waals surface area contributed by atoms with Crippen molar-refractivity contribution in [3.8, 4) is 0 Å². The van der Waals surface area contributed by atoms with Crippen molar-refractivity contribution >= 4 is 11.6 Å². The van der Waals surface area contributed by atoms with Gasteiger partial charge in [0.05, 0.1) is 5.57 Å². The summed E-state index contributed by atoms with van der Waals surface area (Å²) in [5, 5.41) is 6.43. The molecule has 0 aromatic carbocycles. The van der Waals surface area contributed by atoms with Crippen LogP contribution in [-0.4, -0.2) is 22.5 Å². The van der Waals surface area contributed by atoms with E-state index in [4.69, 9.17) is 16.7 Å². The smallest absolute Gasteiger partial charge is 0.371 e. The molecular weight excluding hydrogens is 262 g/mol. The van der Waals surface area contributed by atoms with Gasteiger partial charge in [-0.05, 0) is 12.2 Å². The molecule has 0 bridgehead atoms. The van der Waals surface area contributed by atoms with Crippen molar-refractivity contribution in [1.29, 1.82) is 0 Å². The lowest BCUT2D eigenvalue weighted by Gasteiger charge is -2.26. The molecule has 0 fully saturated rings. The van der Waals surface area contributed by atoms with Gasteiger partial charge in [0.15, 0.2) is 5.06 Å². The highest BCUT2D eigenvalue weighted by atomic mass is 35.5. The van der Waals surface area contributed by atoms with Crippen molar-refractivity contribution in [3.05, 3.63) is 23.3 Å². The third kappa shape index (κ3) is 3.15. The van der Waals surface area contributed by atoms with Crippen molar-refractivity contribution in [2.75, 3.05) is 0 Å². The molecule has 0 aromatic heterocycles. The van der Waals surface area contributed by atoms with E-state index in [1.54, 1.807) is 0 Å². The Kier molecular flexibility index (Phi) is 3.06. The Morgan fingerprint density at radius 2 is 1.62 bits per heavy atom. The molecule has 1 unspecified atom stereocenters. The number of aliphatic hydroxyl groups is 1. The maximum atomic E-state index is 12.2. The van der Waals surface area contributed by atoms with E-state index in [0.717, 1.165) is 0 Å². The zero-order valence-electron chi connectivity index (χ0n) is 7.45. The lowest BCUT2D eigenvalue weighted by atomic mass is 9.96. The molecule has 8 heteroatoms. The molecule has 1 N–H and O–H groups in total. The molecule has 16 heavy (non-hydrogen) atoms. The first kappa shape index (κ1) is 13.4. The fraction of sp³-hybridized carbons (Fsp3) is 0.500. The van der Waals surface area contributed by atoms with Crippen LogP contribution in [-0.2, 0) is 0 Å². The fourth-order valence-electron chi connectivity index (χ4n) is 1.18. The number of hydrogen-bond donors (Lipinski definition) is 1. The van der Waals surface area contributed by atoms with Crippen molar-refractivity contribution in [1.82, 2.24) is 0 Å². The van der Waals surface area contributed by atoms with Crippen LogP contribution in [0, 0.1) is 0 Å². The Morgan fingerprint density at radius 3 is 2.00 bits per heavy atom. The summed E-state index contributed by atoms with van der Waals surface area (Å²) in [6.07, 6.45) is -11.0. The first-order chi connectivity index (χ1) is 6.92. The van der Waals surface area contributed by atoms with Gasteiger partial charge in [0.1, 0.15) is 0 Å². The van der Waals surface area contributed by atoms with Gasteiger partial charge in [0.25, 0.3) is 0 Å². The summed E-state index contributed by atoms with van der Waals surface area (Å²) in [5.41, 5.74) is -3.12. The Balaban J connectivity index is 3.19. The average molecular weight is 267 g/mol. The normalized spacial score (nSPS) is 27.5. The van der Waals surface area contributed by atoms with E-state index in [1.165, 1.54) is 0 Å². The van der Waals surface area contributed by atoms with E-state index in [2.05, 4.69) is 0 Å². The SMILES string of the molecule is OC1(Cl)C=C(C(F)(F)F)C=C(C(F)(F)F)C1. The van der Waals surface area contributed by atoms with Crippen molar-refractivity contribution in [3.63, 3.8) is 0 Å². The fourth-order valence-corrected chi connectivity index (χ4v) is 1.44. The molecule has 1 aliphatic rings. The van der Waals surface area contributed by atoms with Crippen LogP contribution in [0.5, 0.6) is 0 Å². The van der Waals surface area contributed by atoms with E-state index in [1.807, 2.05) is 0 Å². The van der Waals surface area contributed by atoms with Gasteiger partial charge in [-0.3, -0.25) is 0 Å². The minimum atomic E-state index is -4.99. The average Bonchev–Trinajstić information content (AvgIpc) is 1.97. The third-order valence-corrected chi connectivity index (χ3v) is 2.08. The zero-order chi connectivity index (χ0) is 12.8. The molecule has 1 atom stereocenters. The molecule has 0 aromatic rings. The van der Waals surface area contributed by atoms with Gasteiger partial charge in [-0.2, -0.15) is 26.3 Å². The minimum Gasteiger partial charge on any atom is -0.371 e. The predicted molar refractivity (Wildman–Crippen MR) is 43.7 cm³/mol. The van der Waals surface area contributed by atoms with Crippen LogP contribution in [0.25, 0.3) is 0 Å². The summed E-state index contributed by atoms with van der Waals surface area (Å²) in [4.78, 5) is 0. The van der Waals surface area contributed by atoms with Gasteiger partial charge in [-0.25, -0.2) is 0 Å². The van der Waals surface area contributed by atoms with E-state index in [0.29, 0.717) is 0 Å². The van der Waals surface area contributed by atoms with Crippen LogP contribution in [0.1, 0.15) is 6.42 Å². The van der Waals surface area contributed by atoms with Gasteiger partial charge in [-0.1, -0.05) is 11.6 Å². The maximum absolute atomic E-state index is 12.2. The van der Waals surface area contributed by atoms with Gasteiger partial charge < -0.3 is 5.11 Å². The molecule has 0 heterocycles. The molecule has 0 aliphatic heterocycles. The standard InChI is InChI=1S/C8H5ClF6O/c9-6(16)2-4(7(10,11)12)1-5(3-6)8(13,14)15/h1-2,16H,3H2. The molecule has 1 nitrogen and oxygen atoms in total. The summed E-state index contributed by atoms with van der Waals surface area (Å²) in [5.74, 6) is 0. The molecule has 0 amide bonds. The second kappa shape index (κ2) is 3.66. The second-order valence-electron chi connectivity index (χ2n) is 3.26. The largest absolute Gasteiger partial charge is 0.416 e. The lowest BCUT2D eigenvalue weighted by Crippen LogP contribution is -2.30. The first-order valence-corrected chi connectivity index (χ1v) is 4.29. The van der Waals surface area contributed by atoms with E-state index in [-0.39, 0.29) is 12.2 Å². The number of alkyl halides is 7. The van der Waals surface area contributed by atoms with Crippen LogP contribution < -0.4 is 0 Å². The second-order valence-corrected chi connectivity index (χ2v) is 3.91. The number of hydrogen-bond acceptors (Lipinski definition) is 1. The highest BCUT2D eigenvalue weighted by Crippen LogP contribution is 2.42. The van der Waals surface area contributed by atoms with E-state index < -0.39 is 35.0 Å². The minimum absolute atomic E-state index is 0.0587. The Labute approximate surface area is 91.0 Å². The summed E-state index contributed by atoms with van der Waals surface area (Å²) in [7, 11) is 0. The van der Waals surface area contributed by atoms with Gasteiger partial charge in [0.2, 0.25) is 0 Å². The quantitative estimate of drug-likeness (QED) is 0.527. The van der Waals surface area contributed by atoms with Crippen molar-refractivity contribution in [2.24, 2.45) is 0 Å². The molecule has 0 radical (unpaired) electrons. The summed E-state index contributed by atoms with van der Waals surface area (Å²) >= 11 is 5.11. The van der Waals surface area contributed by atoms with Gasteiger partial charge >= 0.3 is 12.4 Å².